The summed E-state index contributed by atoms with van der Waals surface area (Å²) in [6, 6.07) is 0. The van der Waals surface area contributed by atoms with E-state index < -0.39 is 5.54 Å². The van der Waals surface area contributed by atoms with Gasteiger partial charge in [-0.05, 0) is 20.8 Å². The minimum atomic E-state index is -0.478. The summed E-state index contributed by atoms with van der Waals surface area (Å²) in [5.74, 6) is 0.922. The molecule has 1 aliphatic rings. The van der Waals surface area contributed by atoms with Gasteiger partial charge < -0.3 is 4.74 Å². The maximum atomic E-state index is 12.5. The first-order valence-electron chi connectivity index (χ1n) is 6.78. The standard InChI is InChI=1S/C13H22N4O2/c1-4-17-12(14-10-15-17)9-11(18)13(2,3)16-5-7-19-8-6-16/h10H,4-9H2,1-3H3. The van der Waals surface area contributed by atoms with Gasteiger partial charge >= 0.3 is 0 Å². The summed E-state index contributed by atoms with van der Waals surface area (Å²) in [6.45, 7) is 9.69. The van der Waals surface area contributed by atoms with E-state index in [1.807, 2.05) is 20.8 Å². The van der Waals surface area contributed by atoms with E-state index in [1.165, 1.54) is 6.33 Å². The molecule has 0 atom stereocenters. The first-order valence-corrected chi connectivity index (χ1v) is 6.78. The summed E-state index contributed by atoms with van der Waals surface area (Å²) in [4.78, 5) is 18.9. The van der Waals surface area contributed by atoms with Crippen LogP contribution in [0, 0.1) is 0 Å². The third-order valence-corrected chi connectivity index (χ3v) is 3.80. The summed E-state index contributed by atoms with van der Waals surface area (Å²) < 4.78 is 7.11. The molecule has 0 saturated carbocycles. The van der Waals surface area contributed by atoms with Gasteiger partial charge in [0.1, 0.15) is 12.2 Å². The molecule has 6 heteroatoms. The minimum Gasteiger partial charge on any atom is -0.379 e. The van der Waals surface area contributed by atoms with Crippen LogP contribution in [0.1, 0.15) is 26.6 Å². The van der Waals surface area contributed by atoms with Crippen molar-refractivity contribution in [2.45, 2.75) is 39.3 Å². The number of Topliss-reactive ketones (excluding diaryl/α,β-unsaturated/α-hetero) is 1. The molecule has 0 radical (unpaired) electrons. The average molecular weight is 266 g/mol. The number of aryl methyl sites for hydroxylation is 1. The van der Waals surface area contributed by atoms with Gasteiger partial charge in [-0.25, -0.2) is 9.67 Å². The molecule has 2 rings (SSSR count). The number of morpholine rings is 1. The zero-order valence-corrected chi connectivity index (χ0v) is 11.9. The summed E-state index contributed by atoms with van der Waals surface area (Å²) in [7, 11) is 0. The van der Waals surface area contributed by atoms with Gasteiger partial charge in [0, 0.05) is 19.6 Å². The molecule has 19 heavy (non-hydrogen) atoms. The zero-order valence-electron chi connectivity index (χ0n) is 11.9. The van der Waals surface area contributed by atoms with Crippen LogP contribution in [0.2, 0.25) is 0 Å². The normalized spacial score (nSPS) is 17.6. The number of ketones is 1. The highest BCUT2D eigenvalue weighted by Gasteiger charge is 2.35. The van der Waals surface area contributed by atoms with Crippen molar-refractivity contribution in [2.75, 3.05) is 26.3 Å². The van der Waals surface area contributed by atoms with E-state index in [9.17, 15) is 4.79 Å². The molecule has 0 amide bonds. The van der Waals surface area contributed by atoms with Gasteiger partial charge in [0.15, 0.2) is 5.78 Å². The van der Waals surface area contributed by atoms with E-state index in [4.69, 9.17) is 4.74 Å². The molecule has 1 aromatic rings. The van der Waals surface area contributed by atoms with Gasteiger partial charge in [-0.15, -0.1) is 0 Å². The first-order chi connectivity index (χ1) is 9.05. The lowest BCUT2D eigenvalue weighted by Crippen LogP contribution is -2.55. The van der Waals surface area contributed by atoms with E-state index in [0.717, 1.165) is 25.5 Å². The maximum absolute atomic E-state index is 12.5. The van der Waals surface area contributed by atoms with Crippen LogP contribution in [0.15, 0.2) is 6.33 Å². The smallest absolute Gasteiger partial charge is 0.160 e. The third kappa shape index (κ3) is 3.01. The predicted octanol–water partition coefficient (Wildman–Crippen LogP) is 0.520. The van der Waals surface area contributed by atoms with Crippen LogP contribution in [0.5, 0.6) is 0 Å². The Morgan fingerprint density at radius 3 is 2.74 bits per heavy atom. The molecule has 6 nitrogen and oxygen atoms in total. The predicted molar refractivity (Wildman–Crippen MR) is 70.9 cm³/mol. The summed E-state index contributed by atoms with van der Waals surface area (Å²) in [5, 5.41) is 4.10. The zero-order chi connectivity index (χ0) is 13.9. The monoisotopic (exact) mass is 266 g/mol. The van der Waals surface area contributed by atoms with E-state index in [0.29, 0.717) is 19.6 Å². The van der Waals surface area contributed by atoms with Crippen LogP contribution in [0.3, 0.4) is 0 Å². The lowest BCUT2D eigenvalue weighted by molar-refractivity contribution is -0.131. The highest BCUT2D eigenvalue weighted by atomic mass is 16.5. The van der Waals surface area contributed by atoms with E-state index in [1.54, 1.807) is 4.68 Å². The Morgan fingerprint density at radius 1 is 1.42 bits per heavy atom. The summed E-state index contributed by atoms with van der Waals surface area (Å²) in [6.07, 6.45) is 1.84. The minimum absolute atomic E-state index is 0.178. The lowest BCUT2D eigenvalue weighted by Gasteiger charge is -2.39. The Morgan fingerprint density at radius 2 is 2.11 bits per heavy atom. The van der Waals surface area contributed by atoms with E-state index in [-0.39, 0.29) is 5.78 Å². The van der Waals surface area contributed by atoms with Crippen molar-refractivity contribution in [1.82, 2.24) is 19.7 Å². The second-order valence-corrected chi connectivity index (χ2v) is 5.25. The maximum Gasteiger partial charge on any atom is 0.160 e. The Balaban J connectivity index is 2.05. The second kappa shape index (κ2) is 5.79. The Hall–Kier alpha value is -1.27. The quantitative estimate of drug-likeness (QED) is 0.777. The number of hydrogen-bond acceptors (Lipinski definition) is 5. The molecule has 2 heterocycles. The molecule has 1 aromatic heterocycles. The van der Waals surface area contributed by atoms with Crippen LogP contribution in [0.4, 0.5) is 0 Å². The SMILES string of the molecule is CCn1ncnc1CC(=O)C(C)(C)N1CCOCC1. The van der Waals surface area contributed by atoms with Gasteiger partial charge in [-0.2, -0.15) is 5.10 Å². The molecular weight excluding hydrogens is 244 g/mol. The average Bonchev–Trinajstić information content (AvgIpc) is 2.87. The number of carbonyl (C=O) groups is 1. The van der Waals surface area contributed by atoms with Crippen molar-refractivity contribution in [1.29, 1.82) is 0 Å². The fourth-order valence-electron chi connectivity index (χ4n) is 2.35. The van der Waals surface area contributed by atoms with Gasteiger partial charge in [-0.3, -0.25) is 9.69 Å². The number of rotatable bonds is 5. The van der Waals surface area contributed by atoms with Crippen molar-refractivity contribution in [3.05, 3.63) is 12.2 Å². The van der Waals surface area contributed by atoms with Gasteiger partial charge in [0.25, 0.3) is 0 Å². The molecule has 1 aliphatic heterocycles. The van der Waals surface area contributed by atoms with Gasteiger partial charge in [0.2, 0.25) is 0 Å². The van der Waals surface area contributed by atoms with Crippen LogP contribution < -0.4 is 0 Å². The fraction of sp³-hybridized carbons (Fsp3) is 0.769. The third-order valence-electron chi connectivity index (χ3n) is 3.80. The van der Waals surface area contributed by atoms with Crippen molar-refractivity contribution < 1.29 is 9.53 Å². The van der Waals surface area contributed by atoms with Crippen molar-refractivity contribution >= 4 is 5.78 Å². The number of carbonyl (C=O) groups excluding carboxylic acids is 1. The van der Waals surface area contributed by atoms with Crippen LogP contribution >= 0.6 is 0 Å². The van der Waals surface area contributed by atoms with Crippen LogP contribution in [-0.2, 0) is 22.5 Å². The highest BCUT2D eigenvalue weighted by Crippen LogP contribution is 2.19. The Kier molecular flexibility index (Phi) is 4.31. The van der Waals surface area contributed by atoms with Crippen molar-refractivity contribution in [2.24, 2.45) is 0 Å². The molecular formula is C13H22N4O2. The highest BCUT2D eigenvalue weighted by molar-refractivity contribution is 5.88. The Bertz CT molecular complexity index is 436. The number of nitrogens with zero attached hydrogens (tertiary/aromatic N) is 4. The van der Waals surface area contributed by atoms with Crippen molar-refractivity contribution in [3.63, 3.8) is 0 Å². The van der Waals surface area contributed by atoms with Gasteiger partial charge in [0.05, 0.1) is 25.2 Å². The van der Waals surface area contributed by atoms with E-state index in [2.05, 4.69) is 15.0 Å². The number of aromatic nitrogens is 3. The molecule has 106 valence electrons. The van der Waals surface area contributed by atoms with Crippen LogP contribution in [-0.4, -0.2) is 57.3 Å². The number of ether oxygens (including phenoxy) is 1. The summed E-state index contributed by atoms with van der Waals surface area (Å²) >= 11 is 0. The molecule has 1 fully saturated rings. The fourth-order valence-corrected chi connectivity index (χ4v) is 2.35. The van der Waals surface area contributed by atoms with Gasteiger partial charge in [-0.1, -0.05) is 0 Å². The molecule has 0 bridgehead atoms. The molecule has 1 saturated heterocycles. The largest absolute Gasteiger partial charge is 0.379 e. The second-order valence-electron chi connectivity index (χ2n) is 5.25. The topological polar surface area (TPSA) is 60.2 Å². The molecule has 0 unspecified atom stereocenters. The number of hydrogen-bond donors (Lipinski definition) is 0. The molecule has 0 aromatic carbocycles. The Labute approximate surface area is 113 Å². The first kappa shape index (κ1) is 14.1. The summed E-state index contributed by atoms with van der Waals surface area (Å²) in [5.41, 5.74) is -0.478. The molecule has 0 N–H and O–H groups in total. The molecule has 0 spiro atoms. The van der Waals surface area contributed by atoms with Crippen LogP contribution in [0.25, 0.3) is 0 Å². The van der Waals surface area contributed by atoms with Crippen molar-refractivity contribution in [3.8, 4) is 0 Å². The molecule has 0 aliphatic carbocycles. The lowest BCUT2D eigenvalue weighted by atomic mass is 9.93. The van der Waals surface area contributed by atoms with E-state index >= 15 is 0 Å².